The number of hydrogen-bond acceptors (Lipinski definition) is 4. The Labute approximate surface area is 153 Å². The third-order valence-corrected chi connectivity index (χ3v) is 5.94. The number of rotatable bonds is 5. The summed E-state index contributed by atoms with van der Waals surface area (Å²) in [6, 6.07) is 12.8. The number of imidazole rings is 1. The molecule has 0 bridgehead atoms. The fraction of sp³-hybridized carbons (Fsp3) is 0.0588. The Bertz CT molecular complexity index is 1030. The van der Waals surface area contributed by atoms with Crippen LogP contribution in [0.2, 0.25) is 0 Å². The lowest BCUT2D eigenvalue weighted by molar-refractivity contribution is 0.102. The van der Waals surface area contributed by atoms with E-state index in [1.54, 1.807) is 66.5 Å². The molecule has 128 valence electrons. The van der Waals surface area contributed by atoms with Gasteiger partial charge < -0.3 is 4.57 Å². The maximum Gasteiger partial charge on any atom is 0.263 e. The van der Waals surface area contributed by atoms with Gasteiger partial charge in [0.05, 0.1) is 0 Å². The number of hydrogen-bond donors (Lipinski definition) is 1. The fourth-order valence-electron chi connectivity index (χ4n) is 2.28. The average Bonchev–Trinajstić information content (AvgIpc) is 3.01. The van der Waals surface area contributed by atoms with E-state index in [1.165, 1.54) is 6.07 Å². The van der Waals surface area contributed by atoms with Crippen LogP contribution < -0.4 is 4.72 Å². The molecule has 6 nitrogen and oxygen atoms in total. The van der Waals surface area contributed by atoms with Crippen molar-refractivity contribution in [1.82, 2.24) is 9.55 Å². The number of benzene rings is 2. The van der Waals surface area contributed by atoms with Crippen molar-refractivity contribution in [1.29, 1.82) is 0 Å². The molecule has 0 aliphatic heterocycles. The number of halogens is 1. The van der Waals surface area contributed by atoms with Gasteiger partial charge >= 0.3 is 0 Å². The first-order chi connectivity index (χ1) is 11.9. The van der Waals surface area contributed by atoms with Crippen molar-refractivity contribution >= 4 is 37.4 Å². The van der Waals surface area contributed by atoms with Crippen molar-refractivity contribution in [3.05, 3.63) is 76.8 Å². The molecule has 0 fully saturated rings. The molecule has 1 heterocycles. The van der Waals surface area contributed by atoms with Crippen molar-refractivity contribution in [3.8, 4) is 0 Å². The zero-order valence-corrected chi connectivity index (χ0v) is 15.6. The first kappa shape index (κ1) is 17.4. The van der Waals surface area contributed by atoms with Gasteiger partial charge in [-0.25, -0.2) is 13.4 Å². The maximum atomic E-state index is 12.5. The van der Waals surface area contributed by atoms with E-state index in [1.807, 2.05) is 0 Å². The second-order valence-electron chi connectivity index (χ2n) is 5.30. The number of nitrogens with one attached hydrogen (secondary N) is 1. The van der Waals surface area contributed by atoms with E-state index in [4.69, 9.17) is 0 Å². The predicted molar refractivity (Wildman–Crippen MR) is 98.0 cm³/mol. The van der Waals surface area contributed by atoms with Crippen LogP contribution in [0, 0.1) is 0 Å². The molecular formula is C17H14BrN3O3S. The highest BCUT2D eigenvalue weighted by molar-refractivity contribution is 9.10. The van der Waals surface area contributed by atoms with Crippen LogP contribution >= 0.6 is 15.9 Å². The van der Waals surface area contributed by atoms with E-state index in [-0.39, 0.29) is 10.7 Å². The Morgan fingerprint density at radius 3 is 2.40 bits per heavy atom. The summed E-state index contributed by atoms with van der Waals surface area (Å²) in [5.74, 6) is 0.0919. The molecule has 0 amide bonds. The molecule has 0 spiro atoms. The van der Waals surface area contributed by atoms with Gasteiger partial charge in [0.1, 0.15) is 4.90 Å². The maximum absolute atomic E-state index is 12.5. The highest BCUT2D eigenvalue weighted by Crippen LogP contribution is 2.24. The third-order valence-electron chi connectivity index (χ3n) is 3.55. The van der Waals surface area contributed by atoms with Gasteiger partial charge in [0.15, 0.2) is 5.82 Å². The Kier molecular flexibility index (Phi) is 4.73. The number of carbonyl (C=O) groups is 1. The number of ketones is 1. The summed E-state index contributed by atoms with van der Waals surface area (Å²) < 4.78 is 29.5. The number of carbonyl (C=O) groups excluding carboxylic acids is 1. The SMILES string of the molecule is Cn1ccnc1C(=O)c1ccc(NS(=O)(=O)c2ccccc2Br)cc1. The Hall–Kier alpha value is -2.45. The summed E-state index contributed by atoms with van der Waals surface area (Å²) in [5, 5.41) is 0. The Balaban J connectivity index is 1.83. The van der Waals surface area contributed by atoms with Crippen LogP contribution in [0.3, 0.4) is 0 Å². The standard InChI is InChI=1S/C17H14BrN3O3S/c1-21-11-10-19-17(21)16(22)12-6-8-13(9-7-12)20-25(23,24)15-5-3-2-4-14(15)18/h2-11,20H,1H3. The summed E-state index contributed by atoms with van der Waals surface area (Å²) >= 11 is 3.23. The van der Waals surface area contributed by atoms with Gasteiger partial charge in [-0.05, 0) is 52.3 Å². The predicted octanol–water partition coefficient (Wildman–Crippen LogP) is 3.21. The normalized spacial score (nSPS) is 11.3. The van der Waals surface area contributed by atoms with Gasteiger partial charge in [0.2, 0.25) is 5.78 Å². The number of sulfonamides is 1. The summed E-state index contributed by atoms with van der Waals surface area (Å²) in [6.07, 6.45) is 3.24. The van der Waals surface area contributed by atoms with Gasteiger partial charge in [-0.15, -0.1) is 0 Å². The molecule has 0 aliphatic rings. The van der Waals surface area contributed by atoms with Crippen molar-refractivity contribution in [3.63, 3.8) is 0 Å². The zero-order valence-electron chi connectivity index (χ0n) is 13.2. The highest BCUT2D eigenvalue weighted by atomic mass is 79.9. The smallest absolute Gasteiger partial charge is 0.263 e. The zero-order chi connectivity index (χ0) is 18.0. The molecule has 0 saturated heterocycles. The molecule has 8 heteroatoms. The van der Waals surface area contributed by atoms with Crippen molar-refractivity contribution in [2.75, 3.05) is 4.72 Å². The van der Waals surface area contributed by atoms with E-state index >= 15 is 0 Å². The van der Waals surface area contributed by atoms with Crippen LogP contribution in [0.15, 0.2) is 70.3 Å². The van der Waals surface area contributed by atoms with E-state index in [9.17, 15) is 13.2 Å². The van der Waals surface area contributed by atoms with Gasteiger partial charge in [0, 0.05) is 35.2 Å². The Morgan fingerprint density at radius 1 is 1.12 bits per heavy atom. The first-order valence-electron chi connectivity index (χ1n) is 7.28. The monoisotopic (exact) mass is 419 g/mol. The molecule has 1 N–H and O–H groups in total. The summed E-state index contributed by atoms with van der Waals surface area (Å²) in [5.41, 5.74) is 0.797. The van der Waals surface area contributed by atoms with Crippen LogP contribution in [0.25, 0.3) is 0 Å². The minimum absolute atomic E-state index is 0.142. The van der Waals surface area contributed by atoms with Crippen LogP contribution in [0.5, 0.6) is 0 Å². The van der Waals surface area contributed by atoms with E-state index in [0.717, 1.165) is 0 Å². The van der Waals surface area contributed by atoms with Gasteiger partial charge in [-0.1, -0.05) is 12.1 Å². The molecule has 2 aromatic carbocycles. The largest absolute Gasteiger partial charge is 0.331 e. The van der Waals surface area contributed by atoms with Crippen LogP contribution in [0.1, 0.15) is 16.2 Å². The molecule has 0 aliphatic carbocycles. The van der Waals surface area contributed by atoms with Crippen LogP contribution in [0.4, 0.5) is 5.69 Å². The second kappa shape index (κ2) is 6.81. The topological polar surface area (TPSA) is 81.1 Å². The lowest BCUT2D eigenvalue weighted by Gasteiger charge is -2.10. The lowest BCUT2D eigenvalue weighted by Crippen LogP contribution is -2.14. The third kappa shape index (κ3) is 3.64. The minimum atomic E-state index is -3.73. The van der Waals surface area contributed by atoms with Crippen molar-refractivity contribution < 1.29 is 13.2 Å². The van der Waals surface area contributed by atoms with Gasteiger partial charge in [-0.2, -0.15) is 0 Å². The molecule has 1 aromatic heterocycles. The second-order valence-corrected chi connectivity index (χ2v) is 7.81. The average molecular weight is 420 g/mol. The molecule has 0 atom stereocenters. The van der Waals surface area contributed by atoms with E-state index in [2.05, 4.69) is 25.6 Å². The first-order valence-corrected chi connectivity index (χ1v) is 9.55. The number of nitrogens with zero attached hydrogens (tertiary/aromatic N) is 2. The van der Waals surface area contributed by atoms with Crippen LogP contribution in [-0.2, 0) is 17.1 Å². The molecule has 0 radical (unpaired) electrons. The van der Waals surface area contributed by atoms with Gasteiger partial charge in [0.25, 0.3) is 10.0 Å². The Morgan fingerprint density at radius 2 is 1.80 bits per heavy atom. The van der Waals surface area contributed by atoms with E-state index in [0.29, 0.717) is 21.5 Å². The summed E-state index contributed by atoms with van der Waals surface area (Å²) in [4.78, 5) is 16.5. The molecule has 0 saturated carbocycles. The minimum Gasteiger partial charge on any atom is -0.331 e. The molecule has 3 aromatic rings. The lowest BCUT2D eigenvalue weighted by atomic mass is 10.1. The molecule has 0 unspecified atom stereocenters. The number of aryl methyl sites for hydroxylation is 1. The summed E-state index contributed by atoms with van der Waals surface area (Å²) in [6.45, 7) is 0. The number of aromatic nitrogens is 2. The molecule has 3 rings (SSSR count). The van der Waals surface area contributed by atoms with Crippen molar-refractivity contribution in [2.45, 2.75) is 4.90 Å². The fourth-order valence-corrected chi connectivity index (χ4v) is 4.34. The highest BCUT2D eigenvalue weighted by Gasteiger charge is 2.18. The van der Waals surface area contributed by atoms with Gasteiger partial charge in [-0.3, -0.25) is 9.52 Å². The molecule has 25 heavy (non-hydrogen) atoms. The quantitative estimate of drug-likeness (QED) is 0.643. The molecular weight excluding hydrogens is 406 g/mol. The van der Waals surface area contributed by atoms with Crippen LogP contribution in [-0.4, -0.2) is 23.8 Å². The number of anilines is 1. The van der Waals surface area contributed by atoms with Crippen molar-refractivity contribution in [2.24, 2.45) is 7.05 Å². The summed E-state index contributed by atoms with van der Waals surface area (Å²) in [7, 11) is -1.99. The van der Waals surface area contributed by atoms with E-state index < -0.39 is 10.0 Å².